The predicted molar refractivity (Wildman–Crippen MR) is 78.6 cm³/mol. The number of pyridine rings is 1. The van der Waals surface area contributed by atoms with E-state index in [0.29, 0.717) is 0 Å². The van der Waals surface area contributed by atoms with Gasteiger partial charge in [0.05, 0.1) is 18.4 Å². The largest absolute Gasteiger partial charge is 0.374 e. The average molecular weight is 379 g/mol. The molecule has 1 aliphatic rings. The summed E-state index contributed by atoms with van der Waals surface area (Å²) in [6.45, 7) is 4.44. The third kappa shape index (κ3) is 4.28. The molecule has 1 atom stereocenters. The number of nitrogens with one attached hydrogen (secondary N) is 1. The lowest BCUT2D eigenvalue weighted by Gasteiger charge is -2.30. The number of hydrogen-bond acceptors (Lipinski definition) is 4. The van der Waals surface area contributed by atoms with Crippen LogP contribution >= 0.6 is 31.9 Å². The van der Waals surface area contributed by atoms with Crippen molar-refractivity contribution in [2.24, 2.45) is 0 Å². The summed E-state index contributed by atoms with van der Waals surface area (Å²) in [5, 5.41) is 3.39. The molecule has 0 bridgehead atoms. The van der Waals surface area contributed by atoms with Gasteiger partial charge in [0.25, 0.3) is 0 Å². The van der Waals surface area contributed by atoms with E-state index < -0.39 is 0 Å². The van der Waals surface area contributed by atoms with Crippen LogP contribution in [-0.2, 0) is 11.3 Å². The minimum atomic E-state index is 0.276. The molecule has 1 N–H and O–H groups in total. The van der Waals surface area contributed by atoms with Crippen molar-refractivity contribution in [3.63, 3.8) is 0 Å². The second-order valence-corrected chi connectivity index (χ2v) is 6.24. The van der Waals surface area contributed by atoms with Gasteiger partial charge in [-0.25, -0.2) is 0 Å². The number of likely N-dealkylation sites (N-methyl/N-ethyl adjacent to an activating group) is 1. The van der Waals surface area contributed by atoms with Crippen LogP contribution < -0.4 is 5.32 Å². The topological polar surface area (TPSA) is 37.4 Å². The molecular weight excluding hydrogens is 362 g/mol. The molecule has 2 heterocycles. The monoisotopic (exact) mass is 377 g/mol. The van der Waals surface area contributed by atoms with E-state index in [9.17, 15) is 0 Å². The van der Waals surface area contributed by atoms with Crippen molar-refractivity contribution in [1.82, 2.24) is 15.2 Å². The molecule has 100 valence electrons. The fraction of sp³-hybridized carbons (Fsp3) is 0.583. The molecule has 1 saturated heterocycles. The Morgan fingerprint density at radius 2 is 2.39 bits per heavy atom. The number of rotatable bonds is 4. The molecular formula is C12H17Br2N3O. The molecule has 18 heavy (non-hydrogen) atoms. The van der Waals surface area contributed by atoms with E-state index in [1.807, 2.05) is 12.3 Å². The SMILES string of the molecule is CN1CCOC(CNCc2ncc(Br)cc2Br)C1. The van der Waals surface area contributed by atoms with Crippen LogP contribution in [-0.4, -0.2) is 49.3 Å². The maximum absolute atomic E-state index is 5.69. The quantitative estimate of drug-likeness (QED) is 0.869. The third-order valence-corrected chi connectivity index (χ3v) is 4.01. The van der Waals surface area contributed by atoms with Crippen molar-refractivity contribution in [2.45, 2.75) is 12.6 Å². The molecule has 0 aliphatic carbocycles. The van der Waals surface area contributed by atoms with Crippen molar-refractivity contribution in [1.29, 1.82) is 0 Å². The van der Waals surface area contributed by atoms with Gasteiger partial charge >= 0.3 is 0 Å². The van der Waals surface area contributed by atoms with Gasteiger partial charge in [0.1, 0.15) is 0 Å². The smallest absolute Gasteiger partial charge is 0.0826 e. The molecule has 1 aliphatic heterocycles. The Morgan fingerprint density at radius 1 is 1.56 bits per heavy atom. The van der Waals surface area contributed by atoms with Crippen LogP contribution in [0.5, 0.6) is 0 Å². The van der Waals surface area contributed by atoms with Gasteiger partial charge in [0.2, 0.25) is 0 Å². The number of ether oxygens (including phenoxy) is 1. The van der Waals surface area contributed by atoms with Gasteiger partial charge in [0.15, 0.2) is 0 Å². The zero-order valence-corrected chi connectivity index (χ0v) is 13.5. The summed E-state index contributed by atoms with van der Waals surface area (Å²) in [5.41, 5.74) is 1.02. The zero-order valence-electron chi connectivity index (χ0n) is 10.3. The first-order chi connectivity index (χ1) is 8.65. The molecule has 0 saturated carbocycles. The van der Waals surface area contributed by atoms with E-state index in [1.54, 1.807) is 0 Å². The van der Waals surface area contributed by atoms with Gasteiger partial charge in [-0.05, 0) is 45.0 Å². The molecule has 2 rings (SSSR count). The van der Waals surface area contributed by atoms with Crippen molar-refractivity contribution < 1.29 is 4.74 Å². The van der Waals surface area contributed by atoms with Crippen molar-refractivity contribution >= 4 is 31.9 Å². The number of nitrogens with zero attached hydrogens (tertiary/aromatic N) is 2. The van der Waals surface area contributed by atoms with E-state index in [-0.39, 0.29) is 6.10 Å². The maximum atomic E-state index is 5.69. The third-order valence-electron chi connectivity index (χ3n) is 2.89. The lowest BCUT2D eigenvalue weighted by molar-refractivity contribution is -0.0182. The van der Waals surface area contributed by atoms with E-state index in [0.717, 1.165) is 47.4 Å². The van der Waals surface area contributed by atoms with Crippen LogP contribution in [0.1, 0.15) is 5.69 Å². The van der Waals surface area contributed by atoms with Crippen LogP contribution in [0.2, 0.25) is 0 Å². The van der Waals surface area contributed by atoms with Crippen LogP contribution in [0.4, 0.5) is 0 Å². The summed E-state index contributed by atoms with van der Waals surface area (Å²) >= 11 is 6.91. The second kappa shape index (κ2) is 6.96. The van der Waals surface area contributed by atoms with Gasteiger partial charge in [-0.3, -0.25) is 4.98 Å². The van der Waals surface area contributed by atoms with Crippen LogP contribution in [0.25, 0.3) is 0 Å². The fourth-order valence-corrected chi connectivity index (χ4v) is 3.04. The summed E-state index contributed by atoms with van der Waals surface area (Å²) in [4.78, 5) is 6.66. The standard InChI is InChI=1S/C12H17Br2N3O/c1-17-2-3-18-10(8-17)6-15-7-12-11(14)4-9(13)5-16-12/h4-5,10,15H,2-3,6-8H2,1H3. The molecule has 1 aromatic heterocycles. The molecule has 1 aromatic rings. The average Bonchev–Trinajstić information content (AvgIpc) is 2.32. The fourth-order valence-electron chi connectivity index (χ4n) is 1.91. The van der Waals surface area contributed by atoms with Gasteiger partial charge in [-0.2, -0.15) is 0 Å². The molecule has 0 amide bonds. The van der Waals surface area contributed by atoms with E-state index in [2.05, 4.69) is 54.1 Å². The molecule has 0 radical (unpaired) electrons. The lowest BCUT2D eigenvalue weighted by Crippen LogP contribution is -2.44. The highest BCUT2D eigenvalue weighted by Gasteiger charge is 2.17. The summed E-state index contributed by atoms with van der Waals surface area (Å²) in [6, 6.07) is 2.01. The number of morpholine rings is 1. The maximum Gasteiger partial charge on any atom is 0.0826 e. The second-order valence-electron chi connectivity index (χ2n) is 4.47. The first kappa shape index (κ1) is 14.4. The Hall–Kier alpha value is -0.0100. The summed E-state index contributed by atoms with van der Waals surface area (Å²) in [7, 11) is 2.13. The summed E-state index contributed by atoms with van der Waals surface area (Å²) in [6.07, 6.45) is 2.09. The van der Waals surface area contributed by atoms with Gasteiger partial charge in [0, 0.05) is 41.3 Å². The minimum Gasteiger partial charge on any atom is -0.374 e. The highest BCUT2D eigenvalue weighted by atomic mass is 79.9. The minimum absolute atomic E-state index is 0.276. The van der Waals surface area contributed by atoms with Crippen molar-refractivity contribution in [3.05, 3.63) is 26.9 Å². The predicted octanol–water partition coefficient (Wildman–Crippen LogP) is 2.03. The first-order valence-corrected chi connectivity index (χ1v) is 7.54. The Morgan fingerprint density at radius 3 is 3.11 bits per heavy atom. The van der Waals surface area contributed by atoms with E-state index in [4.69, 9.17) is 4.74 Å². The summed E-state index contributed by atoms with van der Waals surface area (Å²) < 4.78 is 7.69. The Kier molecular flexibility index (Phi) is 5.56. The van der Waals surface area contributed by atoms with Crippen molar-refractivity contribution in [3.8, 4) is 0 Å². The van der Waals surface area contributed by atoms with Crippen LogP contribution in [0, 0.1) is 0 Å². The van der Waals surface area contributed by atoms with Gasteiger partial charge in [-0.15, -0.1) is 0 Å². The molecule has 1 unspecified atom stereocenters. The van der Waals surface area contributed by atoms with E-state index >= 15 is 0 Å². The molecule has 1 fully saturated rings. The lowest BCUT2D eigenvalue weighted by atomic mass is 10.2. The number of aromatic nitrogens is 1. The molecule has 0 spiro atoms. The highest BCUT2D eigenvalue weighted by molar-refractivity contribution is 9.11. The molecule has 0 aromatic carbocycles. The Bertz CT molecular complexity index is 403. The van der Waals surface area contributed by atoms with E-state index in [1.165, 1.54) is 0 Å². The van der Waals surface area contributed by atoms with Crippen molar-refractivity contribution in [2.75, 3.05) is 33.3 Å². The first-order valence-electron chi connectivity index (χ1n) is 5.96. The Labute approximate surface area is 124 Å². The number of hydrogen-bond donors (Lipinski definition) is 1. The highest BCUT2D eigenvalue weighted by Crippen LogP contribution is 2.19. The van der Waals surface area contributed by atoms with Gasteiger partial charge in [-0.1, -0.05) is 0 Å². The number of halogens is 2. The summed E-state index contributed by atoms with van der Waals surface area (Å²) in [5.74, 6) is 0. The zero-order chi connectivity index (χ0) is 13.0. The normalized spacial score (nSPS) is 21.2. The van der Waals surface area contributed by atoms with Crippen LogP contribution in [0.15, 0.2) is 21.2 Å². The van der Waals surface area contributed by atoms with Gasteiger partial charge < -0.3 is 15.0 Å². The molecule has 4 nitrogen and oxygen atoms in total. The molecule has 6 heteroatoms. The van der Waals surface area contributed by atoms with Crippen LogP contribution in [0.3, 0.4) is 0 Å². The Balaban J connectivity index is 1.77.